The van der Waals surface area contributed by atoms with Crippen molar-refractivity contribution in [1.29, 1.82) is 0 Å². The van der Waals surface area contributed by atoms with Gasteiger partial charge in [0.25, 0.3) is 5.56 Å². The van der Waals surface area contributed by atoms with Crippen molar-refractivity contribution in [1.82, 2.24) is 9.47 Å². The van der Waals surface area contributed by atoms with E-state index < -0.39 is 0 Å². The van der Waals surface area contributed by atoms with Crippen LogP contribution in [0.4, 0.5) is 0 Å². The topological polar surface area (TPSA) is 34.5 Å². The minimum atomic E-state index is -0.0702. The zero-order valence-electron chi connectivity index (χ0n) is 15.8. The van der Waals surface area contributed by atoms with Crippen molar-refractivity contribution >= 4 is 0 Å². The summed E-state index contributed by atoms with van der Waals surface area (Å²) in [6.07, 6.45) is 2.74. The molecule has 0 saturated carbocycles. The average molecular weight is 362 g/mol. The van der Waals surface area contributed by atoms with Crippen molar-refractivity contribution in [2.75, 3.05) is 13.6 Å². The number of pyridine rings is 1. The third-order valence-electron chi connectivity index (χ3n) is 4.46. The molecule has 0 N–H and O–H groups in total. The maximum Gasteiger partial charge on any atom is 0.292 e. The first-order valence-corrected chi connectivity index (χ1v) is 9.31. The molecule has 0 fully saturated rings. The quantitative estimate of drug-likeness (QED) is 0.578. The Labute approximate surface area is 160 Å². The van der Waals surface area contributed by atoms with Crippen molar-refractivity contribution in [2.45, 2.75) is 26.1 Å². The fourth-order valence-electron chi connectivity index (χ4n) is 3.02. The number of rotatable bonds is 9. The minimum absolute atomic E-state index is 0.0702. The summed E-state index contributed by atoms with van der Waals surface area (Å²) in [6, 6.07) is 23.9. The van der Waals surface area contributed by atoms with Gasteiger partial charge in [-0.15, -0.1) is 0 Å². The van der Waals surface area contributed by atoms with E-state index in [-0.39, 0.29) is 5.56 Å². The Hall–Kier alpha value is -2.85. The summed E-state index contributed by atoms with van der Waals surface area (Å²) in [5.74, 6) is 0.402. The van der Waals surface area contributed by atoms with E-state index in [4.69, 9.17) is 4.74 Å². The van der Waals surface area contributed by atoms with Gasteiger partial charge in [0.15, 0.2) is 5.75 Å². The van der Waals surface area contributed by atoms with E-state index in [2.05, 4.69) is 36.2 Å². The summed E-state index contributed by atoms with van der Waals surface area (Å²) >= 11 is 0. The summed E-state index contributed by atoms with van der Waals surface area (Å²) in [5, 5.41) is 0. The highest BCUT2D eigenvalue weighted by Gasteiger charge is 2.06. The van der Waals surface area contributed by atoms with Crippen molar-refractivity contribution in [3.63, 3.8) is 0 Å². The molecular weight excluding hydrogens is 336 g/mol. The third-order valence-corrected chi connectivity index (χ3v) is 4.46. The molecule has 0 aliphatic carbocycles. The number of hydrogen-bond donors (Lipinski definition) is 0. The van der Waals surface area contributed by atoms with Crippen molar-refractivity contribution in [3.05, 3.63) is 100 Å². The molecule has 140 valence electrons. The Morgan fingerprint density at radius 2 is 1.56 bits per heavy atom. The Bertz CT molecular complexity index is 876. The Kier molecular flexibility index (Phi) is 6.83. The predicted molar refractivity (Wildman–Crippen MR) is 109 cm³/mol. The van der Waals surface area contributed by atoms with Gasteiger partial charge in [-0.25, -0.2) is 0 Å². The molecule has 0 unspecified atom stereocenters. The summed E-state index contributed by atoms with van der Waals surface area (Å²) in [7, 11) is 2.11. The molecule has 0 amide bonds. The van der Waals surface area contributed by atoms with E-state index in [1.807, 2.05) is 48.7 Å². The van der Waals surface area contributed by atoms with E-state index in [0.29, 0.717) is 18.9 Å². The van der Waals surface area contributed by atoms with Gasteiger partial charge in [0.05, 0.1) is 0 Å². The minimum Gasteiger partial charge on any atom is -0.483 e. The smallest absolute Gasteiger partial charge is 0.292 e. The SMILES string of the molecule is CN(CCCn1cccc(OCc2ccccc2)c1=O)Cc1ccccc1. The molecule has 0 aliphatic rings. The highest BCUT2D eigenvalue weighted by molar-refractivity contribution is 5.19. The lowest BCUT2D eigenvalue weighted by atomic mass is 10.2. The average Bonchev–Trinajstić information content (AvgIpc) is 2.70. The van der Waals surface area contributed by atoms with Crippen molar-refractivity contribution in [2.24, 2.45) is 0 Å². The largest absolute Gasteiger partial charge is 0.483 e. The van der Waals surface area contributed by atoms with E-state index in [0.717, 1.165) is 25.1 Å². The second kappa shape index (κ2) is 9.74. The Morgan fingerprint density at radius 1 is 0.889 bits per heavy atom. The molecular formula is C23H26N2O2. The maximum atomic E-state index is 12.6. The molecule has 3 rings (SSSR count). The van der Waals surface area contributed by atoms with E-state index in [1.54, 1.807) is 10.6 Å². The first kappa shape index (κ1) is 18.9. The van der Waals surface area contributed by atoms with Crippen LogP contribution in [0.3, 0.4) is 0 Å². The number of benzene rings is 2. The van der Waals surface area contributed by atoms with Crippen molar-refractivity contribution in [3.8, 4) is 5.75 Å². The van der Waals surface area contributed by atoms with Crippen LogP contribution in [0.25, 0.3) is 0 Å². The molecule has 1 aromatic heterocycles. The van der Waals surface area contributed by atoms with Gasteiger partial charge in [-0.05, 0) is 43.3 Å². The van der Waals surface area contributed by atoms with Gasteiger partial charge in [0.2, 0.25) is 0 Å². The molecule has 0 saturated heterocycles. The summed E-state index contributed by atoms with van der Waals surface area (Å²) in [4.78, 5) is 14.9. The van der Waals surface area contributed by atoms with Crippen LogP contribution in [0, 0.1) is 0 Å². The first-order valence-electron chi connectivity index (χ1n) is 9.31. The molecule has 0 spiro atoms. The summed E-state index contributed by atoms with van der Waals surface area (Å²) < 4.78 is 7.46. The number of ether oxygens (including phenoxy) is 1. The molecule has 1 heterocycles. The highest BCUT2D eigenvalue weighted by atomic mass is 16.5. The number of nitrogens with zero attached hydrogens (tertiary/aromatic N) is 2. The van der Waals surface area contributed by atoms with Gasteiger partial charge >= 0.3 is 0 Å². The fourth-order valence-corrected chi connectivity index (χ4v) is 3.02. The zero-order valence-corrected chi connectivity index (χ0v) is 15.8. The lowest BCUT2D eigenvalue weighted by molar-refractivity contribution is 0.295. The van der Waals surface area contributed by atoms with Crippen molar-refractivity contribution < 1.29 is 4.74 Å². The second-order valence-corrected chi connectivity index (χ2v) is 6.72. The van der Waals surface area contributed by atoms with Crippen LogP contribution in [-0.4, -0.2) is 23.1 Å². The molecule has 27 heavy (non-hydrogen) atoms. The van der Waals surface area contributed by atoms with Crippen LogP contribution >= 0.6 is 0 Å². The van der Waals surface area contributed by atoms with E-state index in [9.17, 15) is 4.79 Å². The molecule has 0 atom stereocenters. The Balaban J connectivity index is 1.50. The fraction of sp³-hybridized carbons (Fsp3) is 0.261. The molecule has 0 aliphatic heterocycles. The lowest BCUT2D eigenvalue weighted by Crippen LogP contribution is -2.25. The standard InChI is InChI=1S/C23H26N2O2/c1-24(18-20-10-4-2-5-11-20)15-9-17-25-16-8-14-22(23(25)26)27-19-21-12-6-3-7-13-21/h2-8,10-14,16H,9,15,17-19H2,1H3. The van der Waals surface area contributed by atoms with Gasteiger partial charge in [-0.2, -0.15) is 0 Å². The third kappa shape index (κ3) is 5.83. The van der Waals surface area contributed by atoms with Crippen LogP contribution in [0.15, 0.2) is 83.8 Å². The van der Waals surface area contributed by atoms with E-state index >= 15 is 0 Å². The number of hydrogen-bond acceptors (Lipinski definition) is 3. The van der Waals surface area contributed by atoms with Crippen LogP contribution in [0.5, 0.6) is 5.75 Å². The maximum absolute atomic E-state index is 12.6. The predicted octanol–water partition coefficient (Wildman–Crippen LogP) is 3.95. The summed E-state index contributed by atoms with van der Waals surface area (Å²) in [5.41, 5.74) is 2.28. The van der Waals surface area contributed by atoms with Gasteiger partial charge in [0.1, 0.15) is 6.61 Å². The number of aromatic nitrogens is 1. The molecule has 0 radical (unpaired) electrons. The zero-order chi connectivity index (χ0) is 18.9. The van der Waals surface area contributed by atoms with Gasteiger partial charge in [-0.3, -0.25) is 4.79 Å². The lowest BCUT2D eigenvalue weighted by Gasteiger charge is -2.17. The van der Waals surface area contributed by atoms with Crippen LogP contribution in [0.2, 0.25) is 0 Å². The van der Waals surface area contributed by atoms with Crippen LogP contribution < -0.4 is 10.3 Å². The first-order chi connectivity index (χ1) is 13.2. The Morgan fingerprint density at radius 3 is 2.26 bits per heavy atom. The number of aryl methyl sites for hydroxylation is 1. The molecule has 4 nitrogen and oxygen atoms in total. The second-order valence-electron chi connectivity index (χ2n) is 6.72. The van der Waals surface area contributed by atoms with E-state index in [1.165, 1.54) is 5.56 Å². The molecule has 4 heteroatoms. The monoisotopic (exact) mass is 362 g/mol. The van der Waals surface area contributed by atoms with Gasteiger partial charge in [0, 0.05) is 19.3 Å². The van der Waals surface area contributed by atoms with Crippen LogP contribution in [-0.2, 0) is 19.7 Å². The van der Waals surface area contributed by atoms with Gasteiger partial charge < -0.3 is 14.2 Å². The van der Waals surface area contributed by atoms with Crippen LogP contribution in [0.1, 0.15) is 17.5 Å². The highest BCUT2D eigenvalue weighted by Crippen LogP contribution is 2.08. The van der Waals surface area contributed by atoms with Gasteiger partial charge in [-0.1, -0.05) is 60.7 Å². The molecule has 0 bridgehead atoms. The molecule has 3 aromatic rings. The molecule has 2 aromatic carbocycles. The summed E-state index contributed by atoms with van der Waals surface area (Å²) in [6.45, 7) is 2.92. The normalized spacial score (nSPS) is 10.9.